The molecule has 2 aromatic heterocycles. The van der Waals surface area contributed by atoms with Crippen molar-refractivity contribution in [2.75, 3.05) is 43.4 Å². The molecule has 2 fully saturated rings. The van der Waals surface area contributed by atoms with Gasteiger partial charge < -0.3 is 20.1 Å². The van der Waals surface area contributed by atoms with Gasteiger partial charge in [-0.15, -0.1) is 0 Å². The number of hydrogen-bond donors (Lipinski definition) is 1. The lowest BCUT2D eigenvalue weighted by molar-refractivity contribution is -0.00584. The summed E-state index contributed by atoms with van der Waals surface area (Å²) in [4.78, 5) is 22.7. The number of likely N-dealkylation sites (tertiary alicyclic amines) is 1. The first kappa shape index (κ1) is 19.6. The van der Waals surface area contributed by atoms with E-state index in [0.29, 0.717) is 19.2 Å². The molecule has 5 rings (SSSR count). The molecule has 0 amide bonds. The molecule has 2 N–H and O–H groups in total. The van der Waals surface area contributed by atoms with Gasteiger partial charge in [0, 0.05) is 55.9 Å². The average molecular weight is 412 g/mol. The number of hydrogen-bond acceptors (Lipinski definition) is 9. The molecule has 0 unspecified atom stereocenters. The van der Waals surface area contributed by atoms with Crippen molar-refractivity contribution in [1.82, 2.24) is 24.8 Å². The summed E-state index contributed by atoms with van der Waals surface area (Å²) < 4.78 is 11.9. The van der Waals surface area contributed by atoms with Crippen LogP contribution in [0.2, 0.25) is 0 Å². The zero-order valence-electron chi connectivity index (χ0n) is 17.6. The van der Waals surface area contributed by atoms with Gasteiger partial charge in [-0.1, -0.05) is 0 Å². The Morgan fingerprint density at radius 2 is 1.90 bits per heavy atom. The van der Waals surface area contributed by atoms with Crippen molar-refractivity contribution in [3.63, 3.8) is 0 Å². The molecular weight excluding hydrogens is 382 g/mol. The number of nitrogen functional groups attached to an aromatic ring is 1. The number of fused-ring (bicyclic) bond motifs is 2. The van der Waals surface area contributed by atoms with Crippen LogP contribution in [0, 0.1) is 0 Å². The fourth-order valence-corrected chi connectivity index (χ4v) is 4.99. The van der Waals surface area contributed by atoms with Crippen LogP contribution in [0.4, 0.5) is 11.9 Å². The topological polar surface area (TPSA) is 103 Å². The molecule has 0 aliphatic carbocycles. The van der Waals surface area contributed by atoms with Crippen molar-refractivity contribution < 1.29 is 9.47 Å². The minimum atomic E-state index is -0.0938. The summed E-state index contributed by atoms with van der Waals surface area (Å²) in [5.74, 6) is 1.12. The summed E-state index contributed by atoms with van der Waals surface area (Å²) in [6.45, 7) is 9.80. The predicted octanol–water partition coefficient (Wildman–Crippen LogP) is 1.14. The zero-order chi connectivity index (χ0) is 20.7. The van der Waals surface area contributed by atoms with Gasteiger partial charge in [0.25, 0.3) is 0 Å². The maximum atomic E-state index is 5.99. The van der Waals surface area contributed by atoms with E-state index >= 15 is 0 Å². The van der Waals surface area contributed by atoms with Gasteiger partial charge in [-0.05, 0) is 26.8 Å². The highest BCUT2D eigenvalue weighted by molar-refractivity contribution is 5.39. The Labute approximate surface area is 176 Å². The predicted molar refractivity (Wildman–Crippen MR) is 112 cm³/mol. The van der Waals surface area contributed by atoms with Crippen LogP contribution < -0.4 is 10.6 Å². The molecule has 0 bridgehead atoms. The van der Waals surface area contributed by atoms with E-state index in [0.717, 1.165) is 61.9 Å². The third-order valence-electron chi connectivity index (χ3n) is 6.26. The molecule has 30 heavy (non-hydrogen) atoms. The molecule has 0 radical (unpaired) electrons. The second kappa shape index (κ2) is 7.72. The SMILES string of the molecule is C[C@@H]1CN(c2ncc3c(n2)[C@@]2(CCN(Cc4cnc(N)nc4)C2)COC3)C[C@H](C)O1. The van der Waals surface area contributed by atoms with E-state index in [-0.39, 0.29) is 17.6 Å². The van der Waals surface area contributed by atoms with Crippen LogP contribution >= 0.6 is 0 Å². The standard InChI is InChI=1S/C21H29N7O2/c1-14-8-28(9-15(2)30-14)20-25-7-17-11-29-13-21(18(17)26-20)3-4-27(12-21)10-16-5-23-19(22)24-6-16/h5-7,14-15H,3-4,8-13H2,1-2H3,(H2,22,23,24)/t14-,15+,21-/m1/s1. The van der Waals surface area contributed by atoms with Gasteiger partial charge in [0.15, 0.2) is 0 Å². The number of anilines is 2. The van der Waals surface area contributed by atoms with E-state index in [2.05, 4.69) is 38.6 Å². The monoisotopic (exact) mass is 411 g/mol. The van der Waals surface area contributed by atoms with Crippen molar-refractivity contribution in [2.45, 2.75) is 51.0 Å². The minimum Gasteiger partial charge on any atom is -0.376 e. The molecule has 2 aromatic rings. The van der Waals surface area contributed by atoms with Crippen molar-refractivity contribution in [1.29, 1.82) is 0 Å². The number of rotatable bonds is 3. The molecule has 9 heteroatoms. The Morgan fingerprint density at radius 3 is 2.67 bits per heavy atom. The van der Waals surface area contributed by atoms with Crippen molar-refractivity contribution >= 4 is 11.9 Å². The molecule has 3 aliphatic heterocycles. The lowest BCUT2D eigenvalue weighted by Crippen LogP contribution is -2.47. The highest BCUT2D eigenvalue weighted by Crippen LogP contribution is 2.40. The van der Waals surface area contributed by atoms with Crippen LogP contribution in [0.1, 0.15) is 37.1 Å². The summed E-state index contributed by atoms with van der Waals surface area (Å²) >= 11 is 0. The molecule has 2 saturated heterocycles. The summed E-state index contributed by atoms with van der Waals surface area (Å²) in [5.41, 5.74) is 8.85. The summed E-state index contributed by atoms with van der Waals surface area (Å²) in [6, 6.07) is 0. The first-order valence-corrected chi connectivity index (χ1v) is 10.6. The number of ether oxygens (including phenoxy) is 2. The number of nitrogens with zero attached hydrogens (tertiary/aromatic N) is 6. The maximum Gasteiger partial charge on any atom is 0.225 e. The van der Waals surface area contributed by atoms with E-state index in [1.807, 2.05) is 6.20 Å². The Morgan fingerprint density at radius 1 is 1.13 bits per heavy atom. The summed E-state index contributed by atoms with van der Waals surface area (Å²) in [6.07, 6.45) is 6.94. The lowest BCUT2D eigenvalue weighted by Gasteiger charge is -2.38. The minimum absolute atomic E-state index is 0.0938. The quantitative estimate of drug-likeness (QED) is 0.796. The first-order valence-electron chi connectivity index (χ1n) is 10.6. The normalized spacial score (nSPS) is 29.3. The second-order valence-corrected chi connectivity index (χ2v) is 8.89. The van der Waals surface area contributed by atoms with Gasteiger partial charge in [-0.2, -0.15) is 0 Å². The van der Waals surface area contributed by atoms with Gasteiger partial charge in [0.1, 0.15) is 0 Å². The molecule has 160 valence electrons. The molecule has 9 nitrogen and oxygen atoms in total. The Hall–Kier alpha value is -2.36. The Kier molecular flexibility index (Phi) is 5.04. The van der Waals surface area contributed by atoms with Crippen LogP contribution in [0.3, 0.4) is 0 Å². The van der Waals surface area contributed by atoms with E-state index in [4.69, 9.17) is 20.2 Å². The smallest absolute Gasteiger partial charge is 0.225 e. The number of nitrogens with two attached hydrogens (primary N) is 1. The van der Waals surface area contributed by atoms with Gasteiger partial charge >= 0.3 is 0 Å². The van der Waals surface area contributed by atoms with Crippen LogP contribution in [-0.2, 0) is 28.0 Å². The molecule has 1 spiro atoms. The molecule has 3 atom stereocenters. The van der Waals surface area contributed by atoms with Crippen molar-refractivity contribution in [3.8, 4) is 0 Å². The average Bonchev–Trinajstić information content (AvgIpc) is 3.12. The maximum absolute atomic E-state index is 5.99. The Bertz CT molecular complexity index is 899. The largest absolute Gasteiger partial charge is 0.376 e. The molecule has 0 aromatic carbocycles. The van der Waals surface area contributed by atoms with Crippen LogP contribution in [0.25, 0.3) is 0 Å². The van der Waals surface area contributed by atoms with Gasteiger partial charge in [-0.25, -0.2) is 19.9 Å². The fourth-order valence-electron chi connectivity index (χ4n) is 4.99. The lowest BCUT2D eigenvalue weighted by atomic mass is 9.80. The summed E-state index contributed by atoms with van der Waals surface area (Å²) in [5, 5.41) is 0. The highest BCUT2D eigenvalue weighted by atomic mass is 16.5. The fraction of sp³-hybridized carbons (Fsp3) is 0.619. The van der Waals surface area contributed by atoms with Crippen LogP contribution in [-0.4, -0.2) is 69.8 Å². The van der Waals surface area contributed by atoms with Crippen molar-refractivity contribution in [2.24, 2.45) is 0 Å². The molecule has 0 saturated carbocycles. The molecule has 5 heterocycles. The van der Waals surface area contributed by atoms with Crippen molar-refractivity contribution in [3.05, 3.63) is 35.4 Å². The highest BCUT2D eigenvalue weighted by Gasteiger charge is 2.45. The zero-order valence-corrected chi connectivity index (χ0v) is 17.6. The van der Waals surface area contributed by atoms with E-state index in [9.17, 15) is 0 Å². The first-order chi connectivity index (χ1) is 14.5. The van der Waals surface area contributed by atoms with E-state index in [1.54, 1.807) is 12.4 Å². The Balaban J connectivity index is 1.38. The van der Waals surface area contributed by atoms with E-state index < -0.39 is 0 Å². The van der Waals surface area contributed by atoms with Gasteiger partial charge in [0.05, 0.1) is 36.5 Å². The van der Waals surface area contributed by atoms with Gasteiger partial charge in [0.2, 0.25) is 11.9 Å². The number of morpholine rings is 1. The third-order valence-corrected chi connectivity index (χ3v) is 6.26. The number of aromatic nitrogens is 4. The van der Waals surface area contributed by atoms with Crippen LogP contribution in [0.15, 0.2) is 18.6 Å². The van der Waals surface area contributed by atoms with E-state index in [1.165, 1.54) is 0 Å². The third kappa shape index (κ3) is 3.73. The molecule has 3 aliphatic rings. The van der Waals surface area contributed by atoms with Crippen LogP contribution in [0.5, 0.6) is 0 Å². The summed E-state index contributed by atoms with van der Waals surface area (Å²) in [7, 11) is 0. The second-order valence-electron chi connectivity index (χ2n) is 8.89. The molecular formula is C21H29N7O2. The van der Waals surface area contributed by atoms with Gasteiger partial charge in [-0.3, -0.25) is 4.90 Å².